The SMILES string of the molecule is CN=C(NCCc1c[nH]c2cc(C)ccc12)N1CCC(COCc2ccccc2)C1.I. The van der Waals surface area contributed by atoms with E-state index in [1.165, 1.54) is 27.6 Å². The first kappa shape index (κ1) is 23.6. The fraction of sp³-hybridized carbons (Fsp3) is 0.400. The summed E-state index contributed by atoms with van der Waals surface area (Å²) in [5.74, 6) is 1.56. The molecule has 31 heavy (non-hydrogen) atoms. The number of likely N-dealkylation sites (tertiary alicyclic amines) is 1. The van der Waals surface area contributed by atoms with Crippen LogP contribution < -0.4 is 5.32 Å². The average Bonchev–Trinajstić information content (AvgIpc) is 3.39. The molecule has 3 aromatic rings. The van der Waals surface area contributed by atoms with Gasteiger partial charge in [0.25, 0.3) is 0 Å². The molecule has 1 aliphatic rings. The highest BCUT2D eigenvalue weighted by atomic mass is 127. The average molecular weight is 532 g/mol. The second kappa shape index (κ2) is 11.5. The summed E-state index contributed by atoms with van der Waals surface area (Å²) < 4.78 is 5.95. The van der Waals surface area contributed by atoms with Crippen molar-refractivity contribution in [3.8, 4) is 0 Å². The molecule has 4 rings (SSSR count). The molecule has 1 aromatic heterocycles. The van der Waals surface area contributed by atoms with Crippen molar-refractivity contribution in [3.63, 3.8) is 0 Å². The number of hydrogen-bond acceptors (Lipinski definition) is 2. The van der Waals surface area contributed by atoms with Crippen molar-refractivity contribution >= 4 is 40.8 Å². The summed E-state index contributed by atoms with van der Waals surface area (Å²) >= 11 is 0. The molecule has 2 N–H and O–H groups in total. The number of H-pyrrole nitrogens is 1. The molecule has 0 radical (unpaired) electrons. The second-order valence-corrected chi connectivity index (χ2v) is 8.19. The van der Waals surface area contributed by atoms with E-state index >= 15 is 0 Å². The van der Waals surface area contributed by atoms with Crippen LogP contribution in [0.4, 0.5) is 0 Å². The third-order valence-electron chi connectivity index (χ3n) is 5.86. The molecule has 1 unspecified atom stereocenters. The van der Waals surface area contributed by atoms with Gasteiger partial charge in [-0.25, -0.2) is 0 Å². The highest BCUT2D eigenvalue weighted by molar-refractivity contribution is 14.0. The summed E-state index contributed by atoms with van der Waals surface area (Å²) in [6, 6.07) is 17.0. The van der Waals surface area contributed by atoms with E-state index in [0.29, 0.717) is 12.5 Å². The molecule has 0 spiro atoms. The number of ether oxygens (including phenoxy) is 1. The first-order valence-electron chi connectivity index (χ1n) is 10.9. The van der Waals surface area contributed by atoms with Crippen LogP contribution >= 0.6 is 24.0 Å². The predicted molar refractivity (Wildman–Crippen MR) is 139 cm³/mol. The molecule has 5 nitrogen and oxygen atoms in total. The number of nitrogens with zero attached hydrogens (tertiary/aromatic N) is 2. The highest BCUT2D eigenvalue weighted by Crippen LogP contribution is 2.20. The van der Waals surface area contributed by atoms with Crippen LogP contribution in [-0.4, -0.2) is 49.1 Å². The molecule has 2 aromatic carbocycles. The Morgan fingerprint density at radius 1 is 1.23 bits per heavy atom. The Hall–Kier alpha value is -2.06. The van der Waals surface area contributed by atoms with E-state index in [1.807, 2.05) is 13.1 Å². The van der Waals surface area contributed by atoms with Crippen LogP contribution in [0, 0.1) is 12.8 Å². The molecule has 1 fully saturated rings. The highest BCUT2D eigenvalue weighted by Gasteiger charge is 2.24. The number of aliphatic imine (C=N–C) groups is 1. The number of halogens is 1. The summed E-state index contributed by atoms with van der Waals surface area (Å²) in [5, 5.41) is 4.86. The molecule has 6 heteroatoms. The monoisotopic (exact) mass is 532 g/mol. The largest absolute Gasteiger partial charge is 0.376 e. The van der Waals surface area contributed by atoms with Gasteiger partial charge in [0, 0.05) is 49.7 Å². The topological polar surface area (TPSA) is 52.7 Å². The van der Waals surface area contributed by atoms with Crippen molar-refractivity contribution in [2.45, 2.75) is 26.4 Å². The number of guanidine groups is 1. The third kappa shape index (κ3) is 6.23. The van der Waals surface area contributed by atoms with Gasteiger partial charge in [0.1, 0.15) is 0 Å². The number of rotatable bonds is 7. The van der Waals surface area contributed by atoms with Gasteiger partial charge in [-0.3, -0.25) is 4.99 Å². The van der Waals surface area contributed by atoms with Crippen LogP contribution in [0.25, 0.3) is 10.9 Å². The summed E-state index contributed by atoms with van der Waals surface area (Å²) in [6.45, 7) is 6.53. The molecule has 0 bridgehead atoms. The molecule has 1 atom stereocenters. The number of aryl methyl sites for hydroxylation is 1. The van der Waals surface area contributed by atoms with E-state index in [2.05, 4.69) is 75.8 Å². The fourth-order valence-corrected chi connectivity index (χ4v) is 4.23. The normalized spacial score (nSPS) is 16.5. The number of benzene rings is 2. The molecule has 0 amide bonds. The maximum atomic E-state index is 5.95. The fourth-order valence-electron chi connectivity index (χ4n) is 4.23. The van der Waals surface area contributed by atoms with Gasteiger partial charge in [0.05, 0.1) is 13.2 Å². The van der Waals surface area contributed by atoms with E-state index in [-0.39, 0.29) is 24.0 Å². The molecule has 1 saturated heterocycles. The van der Waals surface area contributed by atoms with Gasteiger partial charge < -0.3 is 19.9 Å². The van der Waals surface area contributed by atoms with Gasteiger partial charge >= 0.3 is 0 Å². The van der Waals surface area contributed by atoms with E-state index in [0.717, 1.165) is 45.0 Å². The van der Waals surface area contributed by atoms with Crippen LogP contribution in [0.3, 0.4) is 0 Å². The van der Waals surface area contributed by atoms with Crippen LogP contribution in [0.1, 0.15) is 23.1 Å². The van der Waals surface area contributed by atoms with Crippen molar-refractivity contribution < 1.29 is 4.74 Å². The third-order valence-corrected chi connectivity index (χ3v) is 5.86. The van der Waals surface area contributed by atoms with Crippen LogP contribution in [0.2, 0.25) is 0 Å². The van der Waals surface area contributed by atoms with Crippen LogP contribution in [-0.2, 0) is 17.8 Å². The number of aromatic nitrogens is 1. The number of aromatic amines is 1. The van der Waals surface area contributed by atoms with E-state index in [1.54, 1.807) is 0 Å². The molecule has 0 aliphatic carbocycles. The molecule has 2 heterocycles. The van der Waals surface area contributed by atoms with E-state index in [9.17, 15) is 0 Å². The zero-order chi connectivity index (χ0) is 20.8. The van der Waals surface area contributed by atoms with Crippen molar-refractivity contribution in [1.29, 1.82) is 0 Å². The lowest BCUT2D eigenvalue weighted by Gasteiger charge is -2.21. The van der Waals surface area contributed by atoms with E-state index < -0.39 is 0 Å². The molecule has 166 valence electrons. The van der Waals surface area contributed by atoms with Gasteiger partial charge in [-0.1, -0.05) is 42.5 Å². The van der Waals surface area contributed by atoms with Crippen molar-refractivity contribution in [3.05, 3.63) is 71.4 Å². The second-order valence-electron chi connectivity index (χ2n) is 8.19. The maximum Gasteiger partial charge on any atom is 0.193 e. The van der Waals surface area contributed by atoms with Crippen molar-refractivity contribution in [1.82, 2.24) is 15.2 Å². The zero-order valence-electron chi connectivity index (χ0n) is 18.4. The quantitative estimate of drug-likeness (QED) is 0.263. The number of hydrogen-bond donors (Lipinski definition) is 2. The smallest absolute Gasteiger partial charge is 0.193 e. The van der Waals surface area contributed by atoms with Crippen LogP contribution in [0.15, 0.2) is 59.7 Å². The summed E-state index contributed by atoms with van der Waals surface area (Å²) in [5.41, 5.74) is 5.08. The van der Waals surface area contributed by atoms with Gasteiger partial charge in [0.2, 0.25) is 0 Å². The van der Waals surface area contributed by atoms with Crippen LogP contribution in [0.5, 0.6) is 0 Å². The lowest BCUT2D eigenvalue weighted by molar-refractivity contribution is 0.0907. The molecular formula is C25H33IN4O. The Morgan fingerprint density at radius 3 is 2.87 bits per heavy atom. The summed E-state index contributed by atoms with van der Waals surface area (Å²) in [6.07, 6.45) is 4.25. The zero-order valence-corrected chi connectivity index (χ0v) is 20.8. The Balaban J connectivity index is 0.00000272. The standard InChI is InChI=1S/C25H32N4O.HI/c1-19-8-9-23-22(15-28-24(23)14-19)10-12-27-25(26-2)29-13-11-21(16-29)18-30-17-20-6-4-3-5-7-20;/h3-9,14-15,21,28H,10-13,16-18H2,1-2H3,(H,26,27);1H. The molecular weight excluding hydrogens is 499 g/mol. The lowest BCUT2D eigenvalue weighted by Crippen LogP contribution is -2.41. The minimum atomic E-state index is 0. The Bertz CT molecular complexity index is 986. The van der Waals surface area contributed by atoms with Gasteiger partial charge in [-0.05, 0) is 42.5 Å². The Labute approximate surface area is 202 Å². The van der Waals surface area contributed by atoms with Gasteiger partial charge in [-0.15, -0.1) is 24.0 Å². The Morgan fingerprint density at radius 2 is 2.06 bits per heavy atom. The van der Waals surface area contributed by atoms with Crippen molar-refractivity contribution in [2.75, 3.05) is 33.3 Å². The summed E-state index contributed by atoms with van der Waals surface area (Å²) in [7, 11) is 1.87. The maximum absolute atomic E-state index is 5.95. The first-order chi connectivity index (χ1) is 14.7. The van der Waals surface area contributed by atoms with Gasteiger partial charge in [-0.2, -0.15) is 0 Å². The number of fused-ring (bicyclic) bond motifs is 1. The first-order valence-corrected chi connectivity index (χ1v) is 10.9. The van der Waals surface area contributed by atoms with E-state index in [4.69, 9.17) is 4.74 Å². The summed E-state index contributed by atoms with van der Waals surface area (Å²) in [4.78, 5) is 10.3. The molecule has 1 aliphatic heterocycles. The molecule has 0 saturated carbocycles. The predicted octanol–water partition coefficient (Wildman–Crippen LogP) is 4.75. The Kier molecular flexibility index (Phi) is 8.78. The minimum absolute atomic E-state index is 0. The van der Waals surface area contributed by atoms with Crippen molar-refractivity contribution in [2.24, 2.45) is 10.9 Å². The minimum Gasteiger partial charge on any atom is -0.376 e. The number of nitrogens with one attached hydrogen (secondary N) is 2. The van der Waals surface area contributed by atoms with Gasteiger partial charge in [0.15, 0.2) is 5.96 Å². The lowest BCUT2D eigenvalue weighted by atomic mass is 10.1.